The first kappa shape index (κ1) is 11.2. The Labute approximate surface area is 86.3 Å². The molecule has 15 heavy (non-hydrogen) atoms. The number of amides is 1. The van der Waals surface area contributed by atoms with Crippen molar-refractivity contribution in [3.05, 3.63) is 11.9 Å². The largest absolute Gasteiger partial charge is 0.481 e. The summed E-state index contributed by atoms with van der Waals surface area (Å²) in [5.41, 5.74) is 0.213. The summed E-state index contributed by atoms with van der Waals surface area (Å²) in [6.45, 7) is 0.157. The Balaban J connectivity index is 2.57. The van der Waals surface area contributed by atoms with Crippen molar-refractivity contribution in [2.75, 3.05) is 13.6 Å². The van der Waals surface area contributed by atoms with Crippen LogP contribution in [0.2, 0.25) is 0 Å². The highest BCUT2D eigenvalue weighted by Gasteiger charge is 2.15. The molecule has 0 aliphatic heterocycles. The van der Waals surface area contributed by atoms with E-state index in [9.17, 15) is 9.59 Å². The van der Waals surface area contributed by atoms with E-state index in [1.54, 1.807) is 7.05 Å². The molecular weight excluding hydrogens is 200 g/mol. The molecule has 0 bridgehead atoms. The summed E-state index contributed by atoms with van der Waals surface area (Å²) in [7, 11) is 3.18. The SMILES string of the molecule is CN(CCC(=O)O)C(=O)c1cn(C)nn1. The molecule has 0 saturated carbocycles. The van der Waals surface area contributed by atoms with Crippen LogP contribution in [0.1, 0.15) is 16.9 Å². The second kappa shape index (κ2) is 4.54. The highest BCUT2D eigenvalue weighted by Crippen LogP contribution is 1.98. The fraction of sp³-hybridized carbons (Fsp3) is 0.500. The summed E-state index contributed by atoms with van der Waals surface area (Å²) in [6, 6.07) is 0. The molecule has 0 radical (unpaired) electrons. The molecule has 0 aliphatic carbocycles. The molecule has 0 saturated heterocycles. The fourth-order valence-electron chi connectivity index (χ4n) is 1.01. The van der Waals surface area contributed by atoms with Crippen molar-refractivity contribution in [2.45, 2.75) is 6.42 Å². The number of hydrogen-bond acceptors (Lipinski definition) is 4. The lowest BCUT2D eigenvalue weighted by atomic mass is 10.3. The Kier molecular flexibility index (Phi) is 3.37. The topological polar surface area (TPSA) is 88.3 Å². The molecule has 0 aliphatic rings. The second-order valence-corrected chi connectivity index (χ2v) is 3.15. The Hall–Kier alpha value is -1.92. The number of aromatic nitrogens is 3. The average molecular weight is 212 g/mol. The van der Waals surface area contributed by atoms with Gasteiger partial charge in [-0.1, -0.05) is 5.21 Å². The third-order valence-corrected chi connectivity index (χ3v) is 1.83. The van der Waals surface area contributed by atoms with E-state index in [2.05, 4.69) is 10.3 Å². The Bertz CT molecular complexity index is 374. The van der Waals surface area contributed by atoms with Crippen LogP contribution in [-0.4, -0.2) is 50.5 Å². The monoisotopic (exact) mass is 212 g/mol. The van der Waals surface area contributed by atoms with Crippen LogP contribution in [0.3, 0.4) is 0 Å². The third kappa shape index (κ3) is 3.04. The molecule has 0 aromatic carbocycles. The summed E-state index contributed by atoms with van der Waals surface area (Å²) in [6.07, 6.45) is 1.40. The van der Waals surface area contributed by atoms with Gasteiger partial charge in [0, 0.05) is 20.6 Å². The molecule has 1 heterocycles. The van der Waals surface area contributed by atoms with Crippen LogP contribution >= 0.6 is 0 Å². The smallest absolute Gasteiger partial charge is 0.305 e. The zero-order valence-electron chi connectivity index (χ0n) is 8.54. The Morgan fingerprint density at radius 1 is 1.60 bits per heavy atom. The van der Waals surface area contributed by atoms with Crippen molar-refractivity contribution >= 4 is 11.9 Å². The highest BCUT2D eigenvalue weighted by atomic mass is 16.4. The molecule has 0 spiro atoms. The Morgan fingerprint density at radius 2 is 2.27 bits per heavy atom. The first-order valence-electron chi connectivity index (χ1n) is 4.34. The first-order chi connectivity index (χ1) is 7.00. The van der Waals surface area contributed by atoms with Crippen LogP contribution in [0.25, 0.3) is 0 Å². The van der Waals surface area contributed by atoms with E-state index < -0.39 is 5.97 Å². The van der Waals surface area contributed by atoms with Crippen molar-refractivity contribution in [1.82, 2.24) is 19.9 Å². The number of rotatable bonds is 4. The maximum Gasteiger partial charge on any atom is 0.305 e. The van der Waals surface area contributed by atoms with E-state index in [4.69, 9.17) is 5.11 Å². The minimum absolute atomic E-state index is 0.0809. The molecule has 1 aromatic heterocycles. The zero-order chi connectivity index (χ0) is 11.4. The van der Waals surface area contributed by atoms with Crippen molar-refractivity contribution in [2.24, 2.45) is 7.05 Å². The van der Waals surface area contributed by atoms with Crippen LogP contribution < -0.4 is 0 Å². The number of carboxylic acid groups (broad SMARTS) is 1. The second-order valence-electron chi connectivity index (χ2n) is 3.15. The van der Waals surface area contributed by atoms with Crippen LogP contribution in [0.5, 0.6) is 0 Å². The van der Waals surface area contributed by atoms with Crippen LogP contribution in [-0.2, 0) is 11.8 Å². The molecule has 1 rings (SSSR count). The number of hydrogen-bond donors (Lipinski definition) is 1. The van der Waals surface area contributed by atoms with Crippen molar-refractivity contribution in [3.8, 4) is 0 Å². The molecular formula is C8H12N4O3. The van der Waals surface area contributed by atoms with Gasteiger partial charge in [-0.15, -0.1) is 5.10 Å². The van der Waals surface area contributed by atoms with E-state index in [1.165, 1.54) is 22.8 Å². The lowest BCUT2D eigenvalue weighted by molar-refractivity contribution is -0.137. The number of carbonyl (C=O) groups is 2. The number of nitrogens with zero attached hydrogens (tertiary/aromatic N) is 4. The lowest BCUT2D eigenvalue weighted by Crippen LogP contribution is -2.29. The van der Waals surface area contributed by atoms with Gasteiger partial charge >= 0.3 is 5.97 Å². The van der Waals surface area contributed by atoms with Crippen molar-refractivity contribution in [1.29, 1.82) is 0 Å². The maximum absolute atomic E-state index is 11.6. The van der Waals surface area contributed by atoms with Crippen LogP contribution in [0.15, 0.2) is 6.20 Å². The van der Waals surface area contributed by atoms with Crippen LogP contribution in [0, 0.1) is 0 Å². The first-order valence-corrected chi connectivity index (χ1v) is 4.34. The number of carbonyl (C=O) groups excluding carboxylic acids is 1. The van der Waals surface area contributed by atoms with Gasteiger partial charge in [-0.25, -0.2) is 0 Å². The minimum Gasteiger partial charge on any atom is -0.481 e. The van der Waals surface area contributed by atoms with E-state index >= 15 is 0 Å². The molecule has 7 nitrogen and oxygen atoms in total. The molecule has 0 atom stereocenters. The van der Waals surface area contributed by atoms with Gasteiger partial charge in [0.25, 0.3) is 5.91 Å². The summed E-state index contributed by atoms with van der Waals surface area (Å²) in [5, 5.41) is 15.7. The van der Waals surface area contributed by atoms with E-state index in [0.717, 1.165) is 0 Å². The zero-order valence-corrected chi connectivity index (χ0v) is 8.54. The molecule has 0 unspecified atom stereocenters. The van der Waals surface area contributed by atoms with E-state index in [0.29, 0.717) is 0 Å². The van der Waals surface area contributed by atoms with Gasteiger partial charge in [-0.3, -0.25) is 14.3 Å². The fourth-order valence-corrected chi connectivity index (χ4v) is 1.01. The normalized spacial score (nSPS) is 10.0. The minimum atomic E-state index is -0.936. The summed E-state index contributed by atoms with van der Waals surface area (Å²) < 4.78 is 1.41. The van der Waals surface area contributed by atoms with Gasteiger partial charge in [-0.2, -0.15) is 0 Å². The highest BCUT2D eigenvalue weighted by molar-refractivity contribution is 5.91. The van der Waals surface area contributed by atoms with E-state index in [-0.39, 0.29) is 24.6 Å². The Morgan fingerprint density at radius 3 is 2.73 bits per heavy atom. The summed E-state index contributed by atoms with van der Waals surface area (Å²) in [5.74, 6) is -1.27. The van der Waals surface area contributed by atoms with Crippen molar-refractivity contribution < 1.29 is 14.7 Å². The van der Waals surface area contributed by atoms with Crippen molar-refractivity contribution in [3.63, 3.8) is 0 Å². The van der Waals surface area contributed by atoms with Gasteiger partial charge in [-0.05, 0) is 0 Å². The van der Waals surface area contributed by atoms with Gasteiger partial charge in [0.05, 0.1) is 12.6 Å². The number of aryl methyl sites for hydroxylation is 1. The summed E-state index contributed by atoms with van der Waals surface area (Å²) in [4.78, 5) is 23.2. The van der Waals surface area contributed by atoms with Gasteiger partial charge in [0.1, 0.15) is 0 Å². The molecule has 7 heteroatoms. The standard InChI is InChI=1S/C8H12N4O3/c1-11(4-3-7(13)14)8(15)6-5-12(2)10-9-6/h5H,3-4H2,1-2H3,(H,13,14). The average Bonchev–Trinajstić information content (AvgIpc) is 2.60. The molecule has 1 aromatic rings. The predicted octanol–water partition coefficient (Wildman–Crippen LogP) is -0.638. The van der Waals surface area contributed by atoms with Gasteiger partial charge in [0.2, 0.25) is 0 Å². The maximum atomic E-state index is 11.6. The lowest BCUT2D eigenvalue weighted by Gasteiger charge is -2.13. The van der Waals surface area contributed by atoms with E-state index in [1.807, 2.05) is 0 Å². The quantitative estimate of drug-likeness (QED) is 0.717. The summed E-state index contributed by atoms with van der Waals surface area (Å²) >= 11 is 0. The van der Waals surface area contributed by atoms with Gasteiger partial charge in [0.15, 0.2) is 5.69 Å². The number of aliphatic carboxylic acids is 1. The molecule has 0 fully saturated rings. The molecule has 1 N–H and O–H groups in total. The number of carboxylic acids is 1. The predicted molar refractivity (Wildman–Crippen MR) is 50.2 cm³/mol. The molecule has 82 valence electrons. The van der Waals surface area contributed by atoms with Gasteiger partial charge < -0.3 is 10.0 Å². The van der Waals surface area contributed by atoms with Crippen LogP contribution in [0.4, 0.5) is 0 Å². The molecule has 1 amide bonds. The third-order valence-electron chi connectivity index (χ3n) is 1.83.